The minimum absolute atomic E-state index is 0.000708. The molecule has 1 aliphatic heterocycles. The van der Waals surface area contributed by atoms with Crippen LogP contribution >= 0.6 is 24.0 Å². The van der Waals surface area contributed by atoms with Crippen LogP contribution in [0.4, 0.5) is 0 Å². The zero-order chi connectivity index (χ0) is 18.5. The van der Waals surface area contributed by atoms with Crippen LogP contribution in [0.25, 0.3) is 6.08 Å². The number of benzene rings is 2. The van der Waals surface area contributed by atoms with E-state index in [9.17, 15) is 14.7 Å². The smallest absolute Gasteiger partial charge is 0.313 e. The van der Waals surface area contributed by atoms with Gasteiger partial charge in [0.05, 0.1) is 11.3 Å². The number of phenolic OH excluding ortho intramolecular Hbond substituents is 1. The Labute approximate surface area is 160 Å². The van der Waals surface area contributed by atoms with Crippen LogP contribution in [0.1, 0.15) is 12.0 Å². The van der Waals surface area contributed by atoms with Gasteiger partial charge in [-0.1, -0.05) is 60.4 Å². The van der Waals surface area contributed by atoms with Gasteiger partial charge in [0, 0.05) is 12.6 Å². The van der Waals surface area contributed by atoms with Gasteiger partial charge in [0.2, 0.25) is 0 Å². The van der Waals surface area contributed by atoms with Crippen molar-refractivity contribution in [3.63, 3.8) is 0 Å². The van der Waals surface area contributed by atoms with E-state index in [2.05, 4.69) is 0 Å². The Hall–Kier alpha value is -2.64. The standard InChI is InChI=1S/C19H15NO4S2/c21-14-7-4-8-15(12-14)24-17(22)9-10-20-18(23)16(26-19(20)25)11-13-5-2-1-3-6-13/h1-8,11-12,21H,9-10H2/b16-11-. The number of thiocarbonyl (C=S) groups is 1. The molecule has 132 valence electrons. The molecular formula is C19H15NO4S2. The number of nitrogens with zero attached hydrogens (tertiary/aromatic N) is 1. The number of amides is 1. The Morgan fingerprint density at radius 3 is 2.69 bits per heavy atom. The van der Waals surface area contributed by atoms with Gasteiger partial charge in [-0.05, 0) is 23.8 Å². The van der Waals surface area contributed by atoms with E-state index < -0.39 is 5.97 Å². The maximum Gasteiger partial charge on any atom is 0.313 e. The van der Waals surface area contributed by atoms with Crippen LogP contribution in [0.3, 0.4) is 0 Å². The molecule has 0 unspecified atom stereocenters. The highest BCUT2D eigenvalue weighted by atomic mass is 32.2. The first-order chi connectivity index (χ1) is 12.5. The summed E-state index contributed by atoms with van der Waals surface area (Å²) in [4.78, 5) is 26.4. The summed E-state index contributed by atoms with van der Waals surface area (Å²) < 4.78 is 5.57. The van der Waals surface area contributed by atoms with E-state index in [1.807, 2.05) is 30.3 Å². The van der Waals surface area contributed by atoms with Gasteiger partial charge in [-0.15, -0.1) is 0 Å². The zero-order valence-corrected chi connectivity index (χ0v) is 15.3. The van der Waals surface area contributed by atoms with Crippen molar-refractivity contribution in [2.24, 2.45) is 0 Å². The predicted octanol–water partition coefficient (Wildman–Crippen LogP) is 3.59. The summed E-state index contributed by atoms with van der Waals surface area (Å²) >= 11 is 6.47. The van der Waals surface area contributed by atoms with Crippen LogP contribution in [0.15, 0.2) is 59.5 Å². The third-order valence-corrected chi connectivity index (χ3v) is 4.94. The molecule has 1 saturated heterocycles. The van der Waals surface area contributed by atoms with E-state index in [1.54, 1.807) is 18.2 Å². The fourth-order valence-corrected chi connectivity index (χ4v) is 3.63. The third kappa shape index (κ3) is 4.50. The zero-order valence-electron chi connectivity index (χ0n) is 13.6. The lowest BCUT2D eigenvalue weighted by atomic mass is 10.2. The highest BCUT2D eigenvalue weighted by molar-refractivity contribution is 8.26. The molecule has 0 aliphatic carbocycles. The first kappa shape index (κ1) is 18.2. The lowest BCUT2D eigenvalue weighted by molar-refractivity contribution is -0.134. The molecule has 0 bridgehead atoms. The number of esters is 1. The molecule has 1 heterocycles. The van der Waals surface area contributed by atoms with Crippen molar-refractivity contribution in [3.8, 4) is 11.5 Å². The molecular weight excluding hydrogens is 370 g/mol. The molecule has 0 radical (unpaired) electrons. The number of hydrogen-bond donors (Lipinski definition) is 1. The molecule has 7 heteroatoms. The molecule has 1 aliphatic rings. The normalized spacial score (nSPS) is 15.5. The summed E-state index contributed by atoms with van der Waals surface area (Å²) in [6, 6.07) is 15.5. The number of rotatable bonds is 5. The second kappa shape index (κ2) is 8.16. The second-order valence-corrected chi connectivity index (χ2v) is 7.14. The number of carbonyl (C=O) groups is 2. The number of phenols is 1. The number of hydrogen-bond acceptors (Lipinski definition) is 6. The highest BCUT2D eigenvalue weighted by Gasteiger charge is 2.32. The van der Waals surface area contributed by atoms with Gasteiger partial charge in [0.15, 0.2) is 0 Å². The minimum atomic E-state index is -0.503. The van der Waals surface area contributed by atoms with Crippen molar-refractivity contribution >= 4 is 46.3 Å². The molecule has 1 fully saturated rings. The molecule has 0 atom stereocenters. The average Bonchev–Trinajstić information content (AvgIpc) is 2.87. The molecule has 0 spiro atoms. The Kier molecular flexibility index (Phi) is 5.70. The summed E-state index contributed by atoms with van der Waals surface area (Å²) in [5.74, 6) is -0.451. The molecule has 26 heavy (non-hydrogen) atoms. The topological polar surface area (TPSA) is 66.8 Å². The van der Waals surface area contributed by atoms with Crippen molar-refractivity contribution in [1.29, 1.82) is 0 Å². The highest BCUT2D eigenvalue weighted by Crippen LogP contribution is 2.32. The van der Waals surface area contributed by atoms with Gasteiger partial charge >= 0.3 is 5.97 Å². The van der Waals surface area contributed by atoms with E-state index in [1.165, 1.54) is 28.8 Å². The molecule has 1 N–H and O–H groups in total. The van der Waals surface area contributed by atoms with Crippen molar-refractivity contribution in [3.05, 3.63) is 65.1 Å². The summed E-state index contributed by atoms with van der Waals surface area (Å²) in [5.41, 5.74) is 0.913. The lowest BCUT2D eigenvalue weighted by Crippen LogP contribution is -2.31. The quantitative estimate of drug-likeness (QED) is 0.367. The Bertz CT molecular complexity index is 880. The van der Waals surface area contributed by atoms with Crippen LogP contribution in [0, 0.1) is 0 Å². The Balaban J connectivity index is 1.59. The monoisotopic (exact) mass is 385 g/mol. The van der Waals surface area contributed by atoms with Gasteiger partial charge in [-0.3, -0.25) is 14.5 Å². The number of aromatic hydroxyl groups is 1. The fourth-order valence-electron chi connectivity index (χ4n) is 2.33. The number of ether oxygens (including phenoxy) is 1. The molecule has 0 aromatic heterocycles. The van der Waals surface area contributed by atoms with Crippen molar-refractivity contribution in [2.75, 3.05) is 6.54 Å². The minimum Gasteiger partial charge on any atom is -0.508 e. The average molecular weight is 385 g/mol. The predicted molar refractivity (Wildman–Crippen MR) is 105 cm³/mol. The van der Waals surface area contributed by atoms with Gasteiger partial charge in [0.25, 0.3) is 5.91 Å². The largest absolute Gasteiger partial charge is 0.508 e. The van der Waals surface area contributed by atoms with Crippen molar-refractivity contribution < 1.29 is 19.4 Å². The van der Waals surface area contributed by atoms with Crippen LogP contribution in [-0.4, -0.2) is 32.7 Å². The van der Waals surface area contributed by atoms with Crippen LogP contribution in [0.2, 0.25) is 0 Å². The lowest BCUT2D eigenvalue weighted by Gasteiger charge is -2.13. The molecule has 3 rings (SSSR count). The van der Waals surface area contributed by atoms with Gasteiger partial charge in [0.1, 0.15) is 15.8 Å². The summed E-state index contributed by atoms with van der Waals surface area (Å²) in [5, 5.41) is 9.38. The van der Waals surface area contributed by atoms with Crippen molar-refractivity contribution in [1.82, 2.24) is 4.90 Å². The molecule has 0 saturated carbocycles. The number of thioether (sulfide) groups is 1. The van der Waals surface area contributed by atoms with Crippen molar-refractivity contribution in [2.45, 2.75) is 6.42 Å². The maximum absolute atomic E-state index is 12.5. The summed E-state index contributed by atoms with van der Waals surface area (Å²) in [7, 11) is 0. The molecule has 5 nitrogen and oxygen atoms in total. The van der Waals surface area contributed by atoms with Gasteiger partial charge in [-0.2, -0.15) is 0 Å². The first-order valence-electron chi connectivity index (χ1n) is 7.83. The van der Waals surface area contributed by atoms with Gasteiger partial charge in [-0.25, -0.2) is 0 Å². The second-order valence-electron chi connectivity index (χ2n) is 5.47. The number of carbonyl (C=O) groups excluding carboxylic acids is 2. The first-order valence-corrected chi connectivity index (χ1v) is 9.05. The molecule has 2 aromatic carbocycles. The van der Waals surface area contributed by atoms with E-state index in [4.69, 9.17) is 17.0 Å². The van der Waals surface area contributed by atoms with E-state index in [0.29, 0.717) is 9.23 Å². The van der Waals surface area contributed by atoms with E-state index in [-0.39, 0.29) is 30.4 Å². The Morgan fingerprint density at radius 2 is 1.96 bits per heavy atom. The SMILES string of the molecule is O=C(CCN1C(=O)/C(=C/c2ccccc2)SC1=S)Oc1cccc(O)c1. The van der Waals surface area contributed by atoms with Crippen LogP contribution < -0.4 is 4.74 Å². The summed E-state index contributed by atoms with van der Waals surface area (Å²) in [6.07, 6.45) is 1.78. The van der Waals surface area contributed by atoms with Crippen LogP contribution in [-0.2, 0) is 9.59 Å². The molecule has 2 aromatic rings. The van der Waals surface area contributed by atoms with E-state index >= 15 is 0 Å². The maximum atomic E-state index is 12.5. The van der Waals surface area contributed by atoms with E-state index in [0.717, 1.165) is 5.56 Å². The third-order valence-electron chi connectivity index (χ3n) is 3.56. The van der Waals surface area contributed by atoms with Gasteiger partial charge < -0.3 is 9.84 Å². The Morgan fingerprint density at radius 1 is 1.19 bits per heavy atom. The summed E-state index contributed by atoms with van der Waals surface area (Å²) in [6.45, 7) is 0.147. The van der Waals surface area contributed by atoms with Crippen LogP contribution in [0.5, 0.6) is 11.5 Å². The molecule has 1 amide bonds. The fraction of sp³-hybridized carbons (Fsp3) is 0.105.